The zero-order valence-electron chi connectivity index (χ0n) is 55.0. The number of sulfone groups is 3. The van der Waals surface area contributed by atoms with Crippen molar-refractivity contribution >= 4 is 164 Å². The monoisotopic (exact) mass is 1480 g/mol. The van der Waals surface area contributed by atoms with Crippen molar-refractivity contribution in [3.05, 3.63) is 328 Å². The van der Waals surface area contributed by atoms with Gasteiger partial charge in [-0.25, -0.2) is 37.9 Å². The van der Waals surface area contributed by atoms with Crippen LogP contribution in [-0.4, -0.2) is 37.9 Å². The maximum atomic E-state index is 14.0. The molecule has 0 unspecified atom stereocenters. The van der Waals surface area contributed by atoms with Crippen LogP contribution < -0.4 is 29.4 Å². The molecule has 510 valence electrons. The molecule has 0 bridgehead atoms. The summed E-state index contributed by atoms with van der Waals surface area (Å²) in [6.45, 7) is 0. The fraction of sp³-hybridized carbons (Fsp3) is 0. The molecular formula is C84H54N6O9S6. The van der Waals surface area contributed by atoms with Crippen LogP contribution in [0.1, 0.15) is 0 Å². The molecule has 20 rings (SSSR count). The highest BCUT2D eigenvalue weighted by Crippen LogP contribution is 2.58. The summed E-state index contributed by atoms with van der Waals surface area (Å²) in [6, 6.07) is 100. The average Bonchev–Trinajstić information content (AvgIpc) is 0.728. The van der Waals surface area contributed by atoms with Gasteiger partial charge < -0.3 is 29.4 Å². The fourth-order valence-electron chi connectivity index (χ4n) is 15.1. The fourth-order valence-corrected chi connectivity index (χ4v) is 24.0. The summed E-state index contributed by atoms with van der Waals surface area (Å²) in [7, 11) is -15.7. The van der Waals surface area contributed by atoms with Crippen LogP contribution in [0.5, 0.6) is 0 Å². The molecule has 6 aliphatic rings. The summed E-state index contributed by atoms with van der Waals surface area (Å²) < 4.78 is 126. The highest BCUT2D eigenvalue weighted by molar-refractivity contribution is 7.92. The van der Waals surface area contributed by atoms with E-state index >= 15 is 0 Å². The Labute approximate surface area is 613 Å². The van der Waals surface area contributed by atoms with Crippen molar-refractivity contribution in [1.82, 2.24) is 0 Å². The lowest BCUT2D eigenvalue weighted by Crippen LogP contribution is -2.25. The molecule has 14 aromatic carbocycles. The molecule has 0 saturated heterocycles. The lowest BCUT2D eigenvalue weighted by molar-refractivity contribution is 0.593. The second kappa shape index (κ2) is 24.4. The van der Waals surface area contributed by atoms with E-state index in [2.05, 4.69) is 32.9 Å². The minimum atomic E-state index is -3.89. The third-order valence-corrected chi connectivity index (χ3v) is 29.5. The second-order valence-electron chi connectivity index (χ2n) is 25.4. The Kier molecular flexibility index (Phi) is 14.9. The van der Waals surface area contributed by atoms with E-state index in [0.717, 1.165) is 80.6 Å². The van der Waals surface area contributed by atoms with Gasteiger partial charge in [-0.3, -0.25) is 0 Å². The van der Waals surface area contributed by atoms with Crippen molar-refractivity contribution < 1.29 is 37.9 Å². The first kappa shape index (κ1) is 64.1. The molecular weight excluding hydrogens is 1430 g/mol. The van der Waals surface area contributed by atoms with Crippen LogP contribution in [0.15, 0.2) is 386 Å². The number of hydrogen-bond donors (Lipinski definition) is 0. The Balaban J connectivity index is 0.000000144. The number of fused-ring (bicyclic) bond motifs is 12. The van der Waals surface area contributed by atoms with Gasteiger partial charge in [0.2, 0.25) is 29.5 Å². The predicted molar refractivity (Wildman–Crippen MR) is 411 cm³/mol. The van der Waals surface area contributed by atoms with Gasteiger partial charge in [0.05, 0.1) is 194 Å². The molecule has 21 heteroatoms. The second-order valence-corrected chi connectivity index (χ2v) is 35.3. The van der Waals surface area contributed by atoms with Gasteiger partial charge in [-0.15, -0.1) is 0 Å². The van der Waals surface area contributed by atoms with Crippen LogP contribution in [0.4, 0.5) is 102 Å². The van der Waals surface area contributed by atoms with E-state index in [4.69, 9.17) is 0 Å². The van der Waals surface area contributed by atoms with Crippen LogP contribution in [0.2, 0.25) is 0 Å². The van der Waals surface area contributed by atoms with Crippen molar-refractivity contribution in [2.45, 2.75) is 58.7 Å². The van der Waals surface area contributed by atoms with Crippen molar-refractivity contribution in [2.24, 2.45) is 0 Å². The van der Waals surface area contributed by atoms with Gasteiger partial charge >= 0.3 is 0 Å². The first-order chi connectivity index (χ1) is 51.2. The predicted octanol–water partition coefficient (Wildman–Crippen LogP) is 20.1. The van der Waals surface area contributed by atoms with E-state index in [1.54, 1.807) is 146 Å². The number of para-hydroxylation sites is 12. The van der Waals surface area contributed by atoms with E-state index in [9.17, 15) is 37.9 Å². The van der Waals surface area contributed by atoms with Crippen LogP contribution in [0, 0.1) is 0 Å². The Morgan fingerprint density at radius 1 is 0.171 bits per heavy atom. The molecule has 0 aromatic heterocycles. The zero-order chi connectivity index (χ0) is 71.2. The van der Waals surface area contributed by atoms with Crippen molar-refractivity contribution in [3.63, 3.8) is 0 Å². The Bertz CT molecular complexity index is 5580. The van der Waals surface area contributed by atoms with Gasteiger partial charge in [0.1, 0.15) is 0 Å². The van der Waals surface area contributed by atoms with E-state index < -0.39 is 61.9 Å². The van der Waals surface area contributed by atoms with E-state index in [-0.39, 0.29) is 29.4 Å². The third kappa shape index (κ3) is 9.83. The Morgan fingerprint density at radius 2 is 0.295 bits per heavy atom. The number of hydrogen-bond acceptors (Lipinski definition) is 15. The standard InChI is InChI=1S/C42H27N3O6S3.C42H27N3O3S3/c46-52(47)37-19-7-1-13-31(37)43(32-14-2-8-20-38(32)52)28-25-29(44-33-15-3-9-21-39(33)53(48,49)40-22-10-4-16-34(40)44)27-30(26-28)45-35-17-5-11-23-41(35)54(50,51)42-24-12-6-18-36(42)45;46-49-37-19-7-1-13-31(37)43(32-14-2-8-20-38(32)49)28-25-29(44-33-15-3-9-21-39(33)50(47)40-22-10-4-16-34(40)44)27-30(26-28)45-35-17-5-11-23-41(35)51(48)42-24-12-6-18-36(42)45/h1-27H;1-27H. The lowest BCUT2D eigenvalue weighted by Gasteiger charge is -2.38. The van der Waals surface area contributed by atoms with Gasteiger partial charge in [-0.1, -0.05) is 146 Å². The SMILES string of the molecule is O=S1(=O)c2ccccc2N(c2cc(N3c4ccccc4S(=O)(=O)c4ccccc43)cc(N3c4ccccc4S(=O)(=O)c4ccccc43)c2)c2ccccc21.O=S1c2ccccc2N(c2cc(N3c4ccccc4S(=O)c4ccccc43)cc(N3c4ccccc4S(=O)c4ccccc43)c2)c2ccccc21. The molecule has 0 fully saturated rings. The maximum absolute atomic E-state index is 14.0. The van der Waals surface area contributed by atoms with E-state index in [1.807, 2.05) is 178 Å². The minimum Gasteiger partial charge on any atom is -0.308 e. The molecule has 0 radical (unpaired) electrons. The smallest absolute Gasteiger partial charge is 0.210 e. The highest BCUT2D eigenvalue weighted by Gasteiger charge is 2.42. The molecule has 6 heterocycles. The first-order valence-corrected chi connectivity index (χ1v) is 41.3. The number of nitrogens with zero attached hydrogens (tertiary/aromatic N) is 6. The largest absolute Gasteiger partial charge is 0.308 e. The maximum Gasteiger partial charge on any atom is 0.210 e. The van der Waals surface area contributed by atoms with Crippen LogP contribution in [0.25, 0.3) is 0 Å². The molecule has 6 aliphatic heterocycles. The quantitative estimate of drug-likeness (QED) is 0.154. The number of benzene rings is 14. The minimum absolute atomic E-state index is 0.134. The van der Waals surface area contributed by atoms with Crippen molar-refractivity contribution in [1.29, 1.82) is 0 Å². The van der Waals surface area contributed by atoms with Crippen LogP contribution >= 0.6 is 0 Å². The first-order valence-electron chi connectivity index (χ1n) is 33.4. The Hall–Kier alpha value is -11.8. The van der Waals surface area contributed by atoms with Crippen LogP contribution in [-0.2, 0) is 61.9 Å². The van der Waals surface area contributed by atoms with Gasteiger partial charge in [0, 0.05) is 0 Å². The molecule has 0 amide bonds. The number of rotatable bonds is 6. The van der Waals surface area contributed by atoms with Gasteiger partial charge in [-0.05, 0) is 182 Å². The molecule has 0 saturated carbocycles. The summed E-state index contributed by atoms with van der Waals surface area (Å²) in [5.74, 6) is 0. The lowest BCUT2D eigenvalue weighted by atomic mass is 10.1. The van der Waals surface area contributed by atoms with Crippen LogP contribution in [0.3, 0.4) is 0 Å². The normalized spacial score (nSPS) is 15.8. The number of anilines is 18. The molecule has 0 spiro atoms. The summed E-state index contributed by atoms with van der Waals surface area (Å²) in [6.07, 6.45) is 0. The van der Waals surface area contributed by atoms with Crippen molar-refractivity contribution in [3.8, 4) is 0 Å². The van der Waals surface area contributed by atoms with Gasteiger partial charge in [0.15, 0.2) is 0 Å². The highest BCUT2D eigenvalue weighted by atomic mass is 32.2. The zero-order valence-corrected chi connectivity index (χ0v) is 59.9. The molecule has 0 N–H and O–H groups in total. The van der Waals surface area contributed by atoms with Gasteiger partial charge in [-0.2, -0.15) is 0 Å². The Morgan fingerprint density at radius 3 is 0.457 bits per heavy atom. The summed E-state index contributed by atoms with van der Waals surface area (Å²) >= 11 is 0. The van der Waals surface area contributed by atoms with Gasteiger partial charge in [0.25, 0.3) is 0 Å². The summed E-state index contributed by atoms with van der Waals surface area (Å²) in [5, 5.41) is 0. The topological polar surface area (TPSA) is 173 Å². The summed E-state index contributed by atoms with van der Waals surface area (Å²) in [5.41, 5.74) is 11.8. The average molecular weight is 1480 g/mol. The van der Waals surface area contributed by atoms with E-state index in [0.29, 0.717) is 51.2 Å². The summed E-state index contributed by atoms with van der Waals surface area (Å²) in [4.78, 5) is 17.4. The molecule has 15 nitrogen and oxygen atoms in total. The molecule has 0 aliphatic carbocycles. The molecule has 0 atom stereocenters. The van der Waals surface area contributed by atoms with E-state index in [1.165, 1.54) is 0 Å². The van der Waals surface area contributed by atoms with Crippen molar-refractivity contribution in [2.75, 3.05) is 29.4 Å². The molecule has 105 heavy (non-hydrogen) atoms. The third-order valence-electron chi connectivity index (χ3n) is 19.5. The molecule has 14 aromatic rings.